The van der Waals surface area contributed by atoms with Crippen LogP contribution in [-0.2, 0) is 9.53 Å². The van der Waals surface area contributed by atoms with Crippen LogP contribution in [0.5, 0.6) is 0 Å². The van der Waals surface area contributed by atoms with E-state index < -0.39 is 5.60 Å². The molecule has 3 rings (SSSR count). The summed E-state index contributed by atoms with van der Waals surface area (Å²) in [7, 11) is 0. The number of hydrogen-bond acceptors (Lipinski definition) is 4. The van der Waals surface area contributed by atoms with Crippen LogP contribution in [0.25, 0.3) is 0 Å². The van der Waals surface area contributed by atoms with Crippen molar-refractivity contribution in [3.8, 4) is 0 Å². The zero-order chi connectivity index (χ0) is 16.6. The number of amides is 2. The third-order valence-corrected chi connectivity index (χ3v) is 5.37. The van der Waals surface area contributed by atoms with Gasteiger partial charge in [-0.2, -0.15) is 0 Å². The second-order valence-corrected chi connectivity index (χ2v) is 8.07. The van der Waals surface area contributed by atoms with Crippen molar-refractivity contribution in [3.63, 3.8) is 0 Å². The van der Waals surface area contributed by atoms with Gasteiger partial charge in [-0.1, -0.05) is 0 Å². The summed E-state index contributed by atoms with van der Waals surface area (Å²) < 4.78 is 5.45. The summed E-state index contributed by atoms with van der Waals surface area (Å²) in [6.07, 6.45) is 5.31. The van der Waals surface area contributed by atoms with Crippen LogP contribution < -0.4 is 0 Å². The summed E-state index contributed by atoms with van der Waals surface area (Å²) >= 11 is 0. The van der Waals surface area contributed by atoms with Gasteiger partial charge in [-0.25, -0.2) is 4.79 Å². The van der Waals surface area contributed by atoms with E-state index in [1.165, 1.54) is 0 Å². The predicted molar refractivity (Wildman–Crippen MR) is 87.1 cm³/mol. The van der Waals surface area contributed by atoms with E-state index in [0.29, 0.717) is 18.1 Å². The van der Waals surface area contributed by atoms with E-state index in [2.05, 4.69) is 4.90 Å². The molecule has 2 amide bonds. The SMILES string of the molecule is CC(C)(C)OC(=O)N1CCN(C2CC3CCC(C2)N3C=O)CC1. The van der Waals surface area contributed by atoms with Crippen molar-refractivity contribution in [1.82, 2.24) is 14.7 Å². The number of carbonyl (C=O) groups is 2. The van der Waals surface area contributed by atoms with Crippen LogP contribution in [0.3, 0.4) is 0 Å². The van der Waals surface area contributed by atoms with Gasteiger partial charge < -0.3 is 14.5 Å². The molecule has 0 aromatic heterocycles. The average Bonchev–Trinajstić information content (AvgIpc) is 2.74. The van der Waals surface area contributed by atoms with E-state index >= 15 is 0 Å². The first kappa shape index (κ1) is 16.6. The number of piperidine rings is 1. The summed E-state index contributed by atoms with van der Waals surface area (Å²) in [4.78, 5) is 29.7. The Labute approximate surface area is 138 Å². The third kappa shape index (κ3) is 3.62. The van der Waals surface area contributed by atoms with Gasteiger partial charge in [0.25, 0.3) is 0 Å². The highest BCUT2D eigenvalue weighted by atomic mass is 16.6. The minimum absolute atomic E-state index is 0.201. The number of carbonyl (C=O) groups excluding carboxylic acids is 2. The Balaban J connectivity index is 1.50. The van der Waals surface area contributed by atoms with Crippen LogP contribution in [0.4, 0.5) is 4.79 Å². The molecule has 6 nitrogen and oxygen atoms in total. The van der Waals surface area contributed by atoms with Gasteiger partial charge in [-0.05, 0) is 46.5 Å². The van der Waals surface area contributed by atoms with Crippen LogP contribution in [0, 0.1) is 0 Å². The maximum atomic E-state index is 12.1. The maximum absolute atomic E-state index is 12.1. The molecule has 0 N–H and O–H groups in total. The molecule has 6 heteroatoms. The van der Waals surface area contributed by atoms with Crippen LogP contribution in [0.2, 0.25) is 0 Å². The first-order valence-electron chi connectivity index (χ1n) is 8.82. The molecule has 3 heterocycles. The van der Waals surface area contributed by atoms with Gasteiger partial charge in [0.1, 0.15) is 5.60 Å². The Morgan fingerprint density at radius 3 is 2.04 bits per heavy atom. The minimum atomic E-state index is -0.435. The monoisotopic (exact) mass is 323 g/mol. The zero-order valence-corrected chi connectivity index (χ0v) is 14.5. The largest absolute Gasteiger partial charge is 0.444 e. The van der Waals surface area contributed by atoms with Crippen molar-refractivity contribution in [3.05, 3.63) is 0 Å². The lowest BCUT2D eigenvalue weighted by Gasteiger charge is -2.45. The quantitative estimate of drug-likeness (QED) is 0.726. The number of fused-ring (bicyclic) bond motifs is 2. The van der Waals surface area contributed by atoms with Crippen molar-refractivity contribution in [2.24, 2.45) is 0 Å². The van der Waals surface area contributed by atoms with Crippen LogP contribution in [0.15, 0.2) is 0 Å². The van der Waals surface area contributed by atoms with Crippen molar-refractivity contribution in [2.75, 3.05) is 26.2 Å². The van der Waals surface area contributed by atoms with E-state index in [1.807, 2.05) is 30.6 Å². The number of ether oxygens (including phenoxy) is 1. The molecule has 2 unspecified atom stereocenters. The predicted octanol–water partition coefficient (Wildman–Crippen LogP) is 1.69. The van der Waals surface area contributed by atoms with Crippen LogP contribution in [0.1, 0.15) is 46.5 Å². The van der Waals surface area contributed by atoms with Gasteiger partial charge in [-0.3, -0.25) is 9.69 Å². The number of hydrogen-bond donors (Lipinski definition) is 0. The van der Waals surface area contributed by atoms with Crippen molar-refractivity contribution < 1.29 is 14.3 Å². The minimum Gasteiger partial charge on any atom is -0.444 e. The highest BCUT2D eigenvalue weighted by Gasteiger charge is 2.42. The van der Waals surface area contributed by atoms with Gasteiger partial charge >= 0.3 is 6.09 Å². The smallest absolute Gasteiger partial charge is 0.410 e. The fraction of sp³-hybridized carbons (Fsp3) is 0.882. The zero-order valence-electron chi connectivity index (χ0n) is 14.5. The second kappa shape index (κ2) is 6.30. The lowest BCUT2D eigenvalue weighted by Crippen LogP contribution is -2.56. The number of nitrogens with zero attached hydrogens (tertiary/aromatic N) is 3. The fourth-order valence-electron chi connectivity index (χ4n) is 4.25. The highest BCUT2D eigenvalue weighted by Crippen LogP contribution is 2.36. The first-order valence-corrected chi connectivity index (χ1v) is 8.82. The molecule has 0 aromatic rings. The van der Waals surface area contributed by atoms with E-state index in [1.54, 1.807) is 0 Å². The molecule has 2 bridgehead atoms. The molecule has 0 aromatic carbocycles. The van der Waals surface area contributed by atoms with Gasteiger partial charge in [0.05, 0.1) is 0 Å². The molecule has 23 heavy (non-hydrogen) atoms. The standard InChI is InChI=1S/C17H29N3O3/c1-17(2,3)23-16(22)19-8-6-18(7-9-19)15-10-13-4-5-14(11-15)20(13)12-21/h12-15H,4-11H2,1-3H3. The van der Waals surface area contributed by atoms with Crippen LogP contribution >= 0.6 is 0 Å². The lowest BCUT2D eigenvalue weighted by atomic mass is 9.96. The molecule has 3 aliphatic rings. The summed E-state index contributed by atoms with van der Waals surface area (Å²) in [6.45, 7) is 8.98. The van der Waals surface area contributed by atoms with Gasteiger partial charge in [-0.15, -0.1) is 0 Å². The Bertz CT molecular complexity index is 440. The lowest BCUT2D eigenvalue weighted by molar-refractivity contribution is -0.123. The molecule has 3 aliphatic heterocycles. The third-order valence-electron chi connectivity index (χ3n) is 5.37. The van der Waals surface area contributed by atoms with E-state index in [4.69, 9.17) is 4.74 Å². The topological polar surface area (TPSA) is 53.1 Å². The van der Waals surface area contributed by atoms with Crippen molar-refractivity contribution >= 4 is 12.5 Å². The summed E-state index contributed by atoms with van der Waals surface area (Å²) in [5.41, 5.74) is -0.435. The van der Waals surface area contributed by atoms with Gasteiger partial charge in [0.15, 0.2) is 0 Å². The normalized spacial score (nSPS) is 32.0. The second-order valence-electron chi connectivity index (χ2n) is 8.07. The molecule has 3 fully saturated rings. The molecule has 2 atom stereocenters. The molecule has 0 spiro atoms. The van der Waals surface area contributed by atoms with Crippen molar-refractivity contribution in [2.45, 2.75) is 70.2 Å². The maximum Gasteiger partial charge on any atom is 0.410 e. The Morgan fingerprint density at radius 2 is 1.57 bits per heavy atom. The molecule has 3 saturated heterocycles. The summed E-state index contributed by atoms with van der Waals surface area (Å²) in [5.74, 6) is 0. The first-order chi connectivity index (χ1) is 10.9. The van der Waals surface area contributed by atoms with Gasteiger partial charge in [0, 0.05) is 44.3 Å². The Kier molecular flexibility index (Phi) is 4.54. The number of rotatable bonds is 2. The summed E-state index contributed by atoms with van der Waals surface area (Å²) in [5, 5.41) is 0. The molecular weight excluding hydrogens is 294 g/mol. The van der Waals surface area contributed by atoms with Crippen LogP contribution in [-0.4, -0.2) is 77.1 Å². The Hall–Kier alpha value is -1.30. The molecule has 0 radical (unpaired) electrons. The number of piperazine rings is 1. The molecule has 0 saturated carbocycles. The van der Waals surface area contributed by atoms with E-state index in [-0.39, 0.29) is 6.09 Å². The highest BCUT2D eigenvalue weighted by molar-refractivity contribution is 5.68. The molecule has 0 aliphatic carbocycles. The summed E-state index contributed by atoms with van der Waals surface area (Å²) in [6, 6.07) is 1.42. The Morgan fingerprint density at radius 1 is 1.00 bits per heavy atom. The van der Waals surface area contributed by atoms with E-state index in [0.717, 1.165) is 58.3 Å². The molecular formula is C17H29N3O3. The molecule has 130 valence electrons. The average molecular weight is 323 g/mol. The fourth-order valence-corrected chi connectivity index (χ4v) is 4.25. The van der Waals surface area contributed by atoms with Gasteiger partial charge in [0.2, 0.25) is 6.41 Å². The van der Waals surface area contributed by atoms with E-state index in [9.17, 15) is 9.59 Å². The van der Waals surface area contributed by atoms with Crippen molar-refractivity contribution in [1.29, 1.82) is 0 Å².